The van der Waals surface area contributed by atoms with Gasteiger partial charge in [-0.1, -0.05) is 18.2 Å². The summed E-state index contributed by atoms with van der Waals surface area (Å²) < 4.78 is 0. The lowest BCUT2D eigenvalue weighted by Crippen LogP contribution is -2.33. The molecule has 1 aliphatic carbocycles. The van der Waals surface area contributed by atoms with Crippen LogP contribution in [0.3, 0.4) is 0 Å². The van der Waals surface area contributed by atoms with Crippen LogP contribution in [-0.2, 0) is 17.8 Å². The van der Waals surface area contributed by atoms with Gasteiger partial charge in [-0.2, -0.15) is 11.3 Å². The largest absolute Gasteiger partial charge is 0.310 e. The molecule has 2 aromatic heterocycles. The van der Waals surface area contributed by atoms with Crippen LogP contribution in [0.4, 0.5) is 4.79 Å². The Morgan fingerprint density at radius 3 is 2.74 bits per heavy atom. The zero-order valence-corrected chi connectivity index (χ0v) is 20.3. The number of aromatic nitrogens is 2. The third-order valence-electron chi connectivity index (χ3n) is 6.34. The second-order valence-corrected chi connectivity index (χ2v) is 10.6. The fourth-order valence-corrected chi connectivity index (χ4v) is 5.86. The van der Waals surface area contributed by atoms with E-state index in [9.17, 15) is 9.59 Å². The average Bonchev–Trinajstić information content (AvgIpc) is 3.49. The lowest BCUT2D eigenvalue weighted by molar-refractivity contribution is -0.115. The average molecular weight is 491 g/mol. The zero-order chi connectivity index (χ0) is 23.3. The van der Waals surface area contributed by atoms with Gasteiger partial charge in [-0.15, -0.1) is 0 Å². The summed E-state index contributed by atoms with van der Waals surface area (Å²) in [6.07, 6.45) is 8.82. The van der Waals surface area contributed by atoms with E-state index in [0.29, 0.717) is 22.6 Å². The first-order valence-corrected chi connectivity index (χ1v) is 13.3. The minimum Gasteiger partial charge on any atom is -0.310 e. The molecule has 0 spiro atoms. The molecule has 1 saturated heterocycles. The zero-order valence-electron chi connectivity index (χ0n) is 18.7. The molecule has 2 N–H and O–H groups in total. The number of hydrogen-bond acceptors (Lipinski definition) is 7. The predicted molar refractivity (Wildman–Crippen MR) is 137 cm³/mol. The third kappa shape index (κ3) is 5.81. The first kappa shape index (κ1) is 23.0. The molecule has 174 valence electrons. The van der Waals surface area contributed by atoms with Gasteiger partial charge in [0.15, 0.2) is 0 Å². The van der Waals surface area contributed by atoms with Crippen LogP contribution in [-0.4, -0.2) is 27.2 Å². The topological polar surface area (TPSA) is 84.0 Å². The highest BCUT2D eigenvalue weighted by molar-refractivity contribution is 8.18. The van der Waals surface area contributed by atoms with E-state index in [1.807, 2.05) is 0 Å². The number of carbonyl (C=O) groups is 2. The van der Waals surface area contributed by atoms with Crippen molar-refractivity contribution in [2.24, 2.45) is 5.92 Å². The van der Waals surface area contributed by atoms with Gasteiger partial charge in [-0.05, 0) is 95.1 Å². The number of thiophene rings is 1. The van der Waals surface area contributed by atoms with E-state index < -0.39 is 0 Å². The van der Waals surface area contributed by atoms with Crippen molar-refractivity contribution in [2.75, 3.05) is 0 Å². The number of imide groups is 1. The van der Waals surface area contributed by atoms with E-state index in [4.69, 9.17) is 0 Å². The Hall–Kier alpha value is -2.81. The van der Waals surface area contributed by atoms with Crippen LogP contribution in [0.1, 0.15) is 42.8 Å². The molecular formula is C26H26N4O2S2. The molecule has 1 aromatic carbocycles. The molecule has 2 fully saturated rings. The van der Waals surface area contributed by atoms with Gasteiger partial charge in [-0.25, -0.2) is 9.97 Å². The van der Waals surface area contributed by atoms with Gasteiger partial charge >= 0.3 is 0 Å². The molecular weight excluding hydrogens is 464 g/mol. The molecule has 5 rings (SSSR count). The van der Waals surface area contributed by atoms with Gasteiger partial charge in [0.05, 0.1) is 10.6 Å². The SMILES string of the molecule is O=C1NC(=O)/C(=C/c2ccnc(CC3CCC(NCc4cccc(-c5ccsc5)c4)CC3)n2)S1. The van der Waals surface area contributed by atoms with Crippen LogP contribution < -0.4 is 10.6 Å². The molecule has 2 aliphatic rings. The molecule has 1 saturated carbocycles. The molecule has 34 heavy (non-hydrogen) atoms. The Morgan fingerprint density at radius 2 is 1.97 bits per heavy atom. The van der Waals surface area contributed by atoms with Gasteiger partial charge in [0.2, 0.25) is 0 Å². The first-order valence-electron chi connectivity index (χ1n) is 11.5. The van der Waals surface area contributed by atoms with Gasteiger partial charge in [0.25, 0.3) is 11.1 Å². The quantitative estimate of drug-likeness (QED) is 0.430. The summed E-state index contributed by atoms with van der Waals surface area (Å²) in [5.41, 5.74) is 4.55. The van der Waals surface area contributed by atoms with E-state index in [1.54, 1.807) is 29.7 Å². The number of thioether (sulfide) groups is 1. The van der Waals surface area contributed by atoms with Crippen LogP contribution in [0.5, 0.6) is 0 Å². The maximum atomic E-state index is 11.8. The Bertz CT molecular complexity index is 1200. The van der Waals surface area contributed by atoms with Crippen LogP contribution >= 0.6 is 23.1 Å². The van der Waals surface area contributed by atoms with E-state index in [2.05, 4.69) is 61.7 Å². The maximum Gasteiger partial charge on any atom is 0.290 e. The summed E-state index contributed by atoms with van der Waals surface area (Å²) in [6, 6.07) is 13.3. The van der Waals surface area contributed by atoms with Crippen molar-refractivity contribution in [3.8, 4) is 11.1 Å². The van der Waals surface area contributed by atoms with Crippen molar-refractivity contribution < 1.29 is 9.59 Å². The van der Waals surface area contributed by atoms with Crippen LogP contribution in [0, 0.1) is 5.92 Å². The van der Waals surface area contributed by atoms with E-state index in [1.165, 1.54) is 16.7 Å². The van der Waals surface area contributed by atoms with Gasteiger partial charge in [0, 0.05) is 25.2 Å². The molecule has 0 bridgehead atoms. The van der Waals surface area contributed by atoms with Crippen LogP contribution in [0.15, 0.2) is 58.3 Å². The smallest absolute Gasteiger partial charge is 0.290 e. The highest BCUT2D eigenvalue weighted by Crippen LogP contribution is 2.28. The molecule has 3 heterocycles. The summed E-state index contributed by atoms with van der Waals surface area (Å²) in [4.78, 5) is 32.5. The standard InChI is InChI=1S/C26H26N4O2S2/c31-25-23(34-26(32)30-25)14-22-8-10-27-24(29-22)13-17-4-6-21(7-5-17)28-15-18-2-1-3-19(12-18)20-9-11-33-16-20/h1-3,8-12,14,16-17,21,28H,4-7,13,15H2,(H,30,31,32)/b23-14-. The maximum absolute atomic E-state index is 11.8. The summed E-state index contributed by atoms with van der Waals surface area (Å²) in [6.45, 7) is 0.890. The molecule has 8 heteroatoms. The number of hydrogen-bond donors (Lipinski definition) is 2. The van der Waals surface area contributed by atoms with Crippen molar-refractivity contribution in [2.45, 2.75) is 44.7 Å². The third-order valence-corrected chi connectivity index (χ3v) is 7.84. The lowest BCUT2D eigenvalue weighted by atomic mass is 9.84. The van der Waals surface area contributed by atoms with E-state index >= 15 is 0 Å². The minimum absolute atomic E-state index is 0.342. The number of nitrogens with zero attached hydrogens (tertiary/aromatic N) is 2. The lowest BCUT2D eigenvalue weighted by Gasteiger charge is -2.29. The minimum atomic E-state index is -0.362. The fraction of sp³-hybridized carbons (Fsp3) is 0.308. The Labute approximate surface area is 207 Å². The Kier molecular flexibility index (Phi) is 7.18. The van der Waals surface area contributed by atoms with Gasteiger partial charge < -0.3 is 5.32 Å². The summed E-state index contributed by atoms with van der Waals surface area (Å²) in [7, 11) is 0. The highest BCUT2D eigenvalue weighted by Gasteiger charge is 2.25. The molecule has 0 radical (unpaired) electrons. The molecule has 0 unspecified atom stereocenters. The fourth-order valence-electron chi connectivity index (χ4n) is 4.53. The van der Waals surface area contributed by atoms with Gasteiger partial charge in [0.1, 0.15) is 5.82 Å². The Morgan fingerprint density at radius 1 is 1.09 bits per heavy atom. The van der Waals surface area contributed by atoms with E-state index in [0.717, 1.165) is 56.2 Å². The summed E-state index contributed by atoms with van der Waals surface area (Å²) >= 11 is 2.64. The molecule has 0 atom stereocenters. The number of rotatable bonds is 7. The molecule has 6 nitrogen and oxygen atoms in total. The van der Waals surface area contributed by atoms with Crippen molar-refractivity contribution >= 4 is 40.3 Å². The van der Waals surface area contributed by atoms with Crippen LogP contribution in [0.2, 0.25) is 0 Å². The predicted octanol–water partition coefficient (Wildman–Crippen LogP) is 5.42. The summed E-state index contributed by atoms with van der Waals surface area (Å²) in [5, 5.41) is 9.98. The second kappa shape index (κ2) is 10.6. The number of nitrogens with one attached hydrogen (secondary N) is 2. The van der Waals surface area contributed by atoms with Crippen LogP contribution in [0.25, 0.3) is 17.2 Å². The summed E-state index contributed by atoms with van der Waals surface area (Å²) in [5.74, 6) is 0.999. The second-order valence-electron chi connectivity index (χ2n) is 8.77. The molecule has 2 amide bonds. The molecule has 1 aliphatic heterocycles. The highest BCUT2D eigenvalue weighted by atomic mass is 32.2. The number of carbonyl (C=O) groups excluding carboxylic acids is 2. The van der Waals surface area contributed by atoms with Crippen molar-refractivity contribution in [3.05, 3.63) is 75.3 Å². The first-order chi connectivity index (χ1) is 16.6. The normalized spacial score (nSPS) is 21.7. The van der Waals surface area contributed by atoms with Crippen molar-refractivity contribution in [1.29, 1.82) is 0 Å². The molecule has 3 aromatic rings. The van der Waals surface area contributed by atoms with Crippen molar-refractivity contribution in [3.63, 3.8) is 0 Å². The van der Waals surface area contributed by atoms with E-state index in [-0.39, 0.29) is 11.1 Å². The Balaban J connectivity index is 1.11. The van der Waals surface area contributed by atoms with Gasteiger partial charge in [-0.3, -0.25) is 14.9 Å². The number of amides is 2. The van der Waals surface area contributed by atoms with Crippen molar-refractivity contribution in [1.82, 2.24) is 20.6 Å². The monoisotopic (exact) mass is 490 g/mol. The number of benzene rings is 1.